The highest BCUT2D eigenvalue weighted by molar-refractivity contribution is 5.96. The average Bonchev–Trinajstić information content (AvgIpc) is 3.26. The van der Waals surface area contributed by atoms with Gasteiger partial charge in [-0.3, -0.25) is 4.90 Å². The Balaban J connectivity index is 1.77. The zero-order valence-corrected chi connectivity index (χ0v) is 20.8. The van der Waals surface area contributed by atoms with Crippen LogP contribution in [0.25, 0.3) is 22.5 Å². The highest BCUT2D eigenvalue weighted by atomic mass is 19.3. The summed E-state index contributed by atoms with van der Waals surface area (Å²) in [6, 6.07) is 7.41. The van der Waals surface area contributed by atoms with Crippen molar-refractivity contribution in [1.29, 1.82) is 0 Å². The normalized spacial score (nSPS) is 15.6. The van der Waals surface area contributed by atoms with Gasteiger partial charge in [0.15, 0.2) is 0 Å². The van der Waals surface area contributed by atoms with E-state index >= 15 is 0 Å². The fourth-order valence-corrected chi connectivity index (χ4v) is 4.49. The molecule has 0 amide bonds. The van der Waals surface area contributed by atoms with Gasteiger partial charge < -0.3 is 14.0 Å². The molecule has 1 saturated heterocycles. The van der Waals surface area contributed by atoms with Crippen LogP contribution in [-0.2, 0) is 4.74 Å². The number of hydrogen-bond acceptors (Lipinski definition) is 6. The molecule has 10 heteroatoms. The van der Waals surface area contributed by atoms with E-state index in [9.17, 15) is 18.0 Å². The van der Waals surface area contributed by atoms with Gasteiger partial charge in [0.2, 0.25) is 6.30 Å². The summed E-state index contributed by atoms with van der Waals surface area (Å²) in [6.07, 6.45) is -3.76. The maximum absolute atomic E-state index is 13.8. The van der Waals surface area contributed by atoms with Crippen molar-refractivity contribution in [3.05, 3.63) is 59.6 Å². The summed E-state index contributed by atoms with van der Waals surface area (Å²) >= 11 is 0. The number of aromatic nitrogens is 3. The van der Waals surface area contributed by atoms with Crippen LogP contribution in [0.3, 0.4) is 0 Å². The summed E-state index contributed by atoms with van der Waals surface area (Å²) in [6.45, 7) is 12.5. The molecule has 7 nitrogen and oxygen atoms in total. The van der Waals surface area contributed by atoms with E-state index in [0.29, 0.717) is 41.3 Å². The molecule has 4 heterocycles. The van der Waals surface area contributed by atoms with Crippen LogP contribution in [-0.4, -0.2) is 75.4 Å². The van der Waals surface area contributed by atoms with E-state index in [1.165, 1.54) is 0 Å². The SMILES string of the molecule is C=C(c1c(C)c(C(=O)OC(C)C)cc2c(-c3ccc(C)nn3)ccn12)N1CCN(C(F)C(F)F)CC1. The van der Waals surface area contributed by atoms with Gasteiger partial charge in [-0.1, -0.05) is 6.58 Å². The number of hydrogen-bond donors (Lipinski definition) is 0. The highest BCUT2D eigenvalue weighted by Crippen LogP contribution is 2.33. The number of aryl methyl sites for hydroxylation is 1. The molecule has 1 aliphatic rings. The average molecular weight is 502 g/mol. The lowest BCUT2D eigenvalue weighted by atomic mass is 10.0. The Kier molecular flexibility index (Phi) is 7.35. The summed E-state index contributed by atoms with van der Waals surface area (Å²) in [7, 11) is 0. The van der Waals surface area contributed by atoms with Crippen LogP contribution in [0.4, 0.5) is 13.2 Å². The molecule has 1 atom stereocenters. The van der Waals surface area contributed by atoms with Crippen molar-refractivity contribution in [2.75, 3.05) is 26.2 Å². The van der Waals surface area contributed by atoms with Gasteiger partial charge in [0.25, 0.3) is 6.43 Å². The summed E-state index contributed by atoms with van der Waals surface area (Å²) in [5.41, 5.74) is 5.33. The number of ether oxygens (including phenoxy) is 1. The lowest BCUT2D eigenvalue weighted by Crippen LogP contribution is -2.50. The third kappa shape index (κ3) is 4.95. The molecule has 3 aromatic rings. The van der Waals surface area contributed by atoms with Crippen LogP contribution in [0.15, 0.2) is 37.0 Å². The molecular weight excluding hydrogens is 471 g/mol. The van der Waals surface area contributed by atoms with E-state index in [-0.39, 0.29) is 19.2 Å². The Morgan fingerprint density at radius 3 is 2.33 bits per heavy atom. The number of esters is 1. The minimum absolute atomic E-state index is 0.137. The van der Waals surface area contributed by atoms with Gasteiger partial charge in [0.05, 0.1) is 40.0 Å². The quantitative estimate of drug-likeness (QED) is 0.345. The second-order valence-corrected chi connectivity index (χ2v) is 9.21. The van der Waals surface area contributed by atoms with Crippen molar-refractivity contribution in [2.45, 2.75) is 46.5 Å². The second-order valence-electron chi connectivity index (χ2n) is 9.21. The van der Waals surface area contributed by atoms with Crippen molar-refractivity contribution in [3.8, 4) is 11.3 Å². The number of alkyl halides is 3. The number of carbonyl (C=O) groups excluding carboxylic acids is 1. The lowest BCUT2D eigenvalue weighted by molar-refractivity contribution is -0.0604. The summed E-state index contributed by atoms with van der Waals surface area (Å²) in [5, 5.41) is 8.46. The zero-order chi connectivity index (χ0) is 26.1. The largest absolute Gasteiger partial charge is 0.459 e. The van der Waals surface area contributed by atoms with Crippen LogP contribution in [0.1, 0.15) is 41.2 Å². The second kappa shape index (κ2) is 10.3. The molecule has 3 aromatic heterocycles. The molecular formula is C26H30F3N5O2. The Labute approximate surface area is 208 Å². The summed E-state index contributed by atoms with van der Waals surface area (Å²) in [4.78, 5) is 16.1. The highest BCUT2D eigenvalue weighted by Gasteiger charge is 2.31. The van der Waals surface area contributed by atoms with Crippen LogP contribution < -0.4 is 0 Å². The Bertz CT molecular complexity index is 1260. The van der Waals surface area contributed by atoms with Gasteiger partial charge in [-0.25, -0.2) is 18.0 Å². The Hall–Kier alpha value is -3.40. The fourth-order valence-electron chi connectivity index (χ4n) is 4.49. The molecule has 0 aliphatic carbocycles. The van der Waals surface area contributed by atoms with E-state index < -0.39 is 18.7 Å². The first-order valence-electron chi connectivity index (χ1n) is 11.8. The number of rotatable bonds is 7. The smallest absolute Gasteiger partial charge is 0.338 e. The van der Waals surface area contributed by atoms with E-state index in [1.54, 1.807) is 19.9 Å². The molecule has 36 heavy (non-hydrogen) atoms. The third-order valence-electron chi connectivity index (χ3n) is 6.37. The minimum Gasteiger partial charge on any atom is -0.459 e. The number of piperazine rings is 1. The van der Waals surface area contributed by atoms with Crippen molar-refractivity contribution in [3.63, 3.8) is 0 Å². The van der Waals surface area contributed by atoms with Gasteiger partial charge >= 0.3 is 5.97 Å². The first kappa shape index (κ1) is 25.7. The van der Waals surface area contributed by atoms with Crippen LogP contribution in [0.2, 0.25) is 0 Å². The predicted octanol–water partition coefficient (Wildman–Crippen LogP) is 4.73. The molecule has 1 aliphatic heterocycles. The van der Waals surface area contributed by atoms with Gasteiger partial charge in [0.1, 0.15) is 0 Å². The first-order valence-corrected chi connectivity index (χ1v) is 11.8. The van der Waals surface area contributed by atoms with Crippen molar-refractivity contribution < 1.29 is 22.7 Å². The van der Waals surface area contributed by atoms with Gasteiger partial charge in [0, 0.05) is 37.9 Å². The van der Waals surface area contributed by atoms with E-state index in [0.717, 1.165) is 21.7 Å². The summed E-state index contributed by atoms with van der Waals surface area (Å²) < 4.78 is 46.9. The molecule has 4 rings (SSSR count). The van der Waals surface area contributed by atoms with Crippen LogP contribution in [0, 0.1) is 13.8 Å². The van der Waals surface area contributed by atoms with Crippen LogP contribution in [0.5, 0.6) is 0 Å². The maximum atomic E-state index is 13.8. The van der Waals surface area contributed by atoms with Crippen LogP contribution >= 0.6 is 0 Å². The van der Waals surface area contributed by atoms with Gasteiger partial charge in [-0.05, 0) is 57.5 Å². The van der Waals surface area contributed by atoms with E-state index in [2.05, 4.69) is 16.8 Å². The number of nitrogens with zero attached hydrogens (tertiary/aromatic N) is 5. The Morgan fingerprint density at radius 1 is 1.06 bits per heavy atom. The number of halogens is 3. The van der Waals surface area contributed by atoms with Crippen molar-refractivity contribution in [1.82, 2.24) is 24.4 Å². The molecule has 1 fully saturated rings. The molecule has 0 spiro atoms. The molecule has 0 radical (unpaired) electrons. The van der Waals surface area contributed by atoms with Gasteiger partial charge in [-0.15, -0.1) is 0 Å². The molecule has 0 saturated carbocycles. The molecule has 0 bridgehead atoms. The topological polar surface area (TPSA) is 63.0 Å². The number of carbonyl (C=O) groups is 1. The number of pyridine rings is 1. The van der Waals surface area contributed by atoms with E-state index in [1.807, 2.05) is 47.5 Å². The third-order valence-corrected chi connectivity index (χ3v) is 6.37. The van der Waals surface area contributed by atoms with Crippen molar-refractivity contribution >= 4 is 17.2 Å². The molecule has 0 N–H and O–H groups in total. The first-order chi connectivity index (χ1) is 17.1. The lowest BCUT2D eigenvalue weighted by Gasteiger charge is -2.38. The predicted molar refractivity (Wildman–Crippen MR) is 132 cm³/mol. The zero-order valence-electron chi connectivity index (χ0n) is 20.8. The summed E-state index contributed by atoms with van der Waals surface area (Å²) in [5.74, 6) is -0.455. The van der Waals surface area contributed by atoms with E-state index in [4.69, 9.17) is 4.74 Å². The van der Waals surface area contributed by atoms with Gasteiger partial charge in [-0.2, -0.15) is 10.2 Å². The molecule has 0 aromatic carbocycles. The standard InChI is InChI=1S/C26H30F3N5O2/c1-15(2)36-26(35)20-14-22-19(21-7-6-16(3)30-31-21)8-9-34(22)23(17(20)4)18(5)32-10-12-33(13-11-32)25(29)24(27)28/h6-9,14-15,24-25H,5,10-13H2,1-4H3. The van der Waals surface area contributed by atoms with Crippen molar-refractivity contribution in [2.24, 2.45) is 0 Å². The molecule has 1 unspecified atom stereocenters. The fraction of sp³-hybridized carbons (Fsp3) is 0.423. The minimum atomic E-state index is -3.05. The number of fused-ring (bicyclic) bond motifs is 1. The Morgan fingerprint density at radius 2 is 1.75 bits per heavy atom. The maximum Gasteiger partial charge on any atom is 0.338 e. The molecule has 192 valence electrons. The monoisotopic (exact) mass is 501 g/mol.